The number of carbonyl (C=O) groups excluding carboxylic acids is 1. The lowest BCUT2D eigenvalue weighted by Gasteiger charge is -2.11. The zero-order chi connectivity index (χ0) is 10.7. The highest BCUT2D eigenvalue weighted by Crippen LogP contribution is 2.29. The van der Waals surface area contributed by atoms with Gasteiger partial charge in [-0.15, -0.1) is 0 Å². The van der Waals surface area contributed by atoms with Gasteiger partial charge in [-0.3, -0.25) is 4.79 Å². The highest BCUT2D eigenvalue weighted by molar-refractivity contribution is 9.10. The van der Waals surface area contributed by atoms with E-state index in [-0.39, 0.29) is 11.1 Å². The fraction of sp³-hybridized carbons (Fsp3) is 0.222. The van der Waals surface area contributed by atoms with E-state index in [2.05, 4.69) is 20.7 Å². The van der Waals surface area contributed by atoms with Crippen molar-refractivity contribution in [3.05, 3.63) is 33.8 Å². The molecule has 0 fully saturated rings. The van der Waals surface area contributed by atoms with Crippen molar-refractivity contribution in [1.29, 1.82) is 0 Å². The van der Waals surface area contributed by atoms with Crippen LogP contribution in [0, 0.1) is 0 Å². The second kappa shape index (κ2) is 4.52. The molecule has 0 aliphatic heterocycles. The minimum absolute atomic E-state index is 0.119. The molecule has 1 atom stereocenters. The number of methoxy groups -OCH3 is 1. The number of carbonyl (C=O) groups is 1. The van der Waals surface area contributed by atoms with Crippen LogP contribution in [0.4, 0.5) is 4.39 Å². The van der Waals surface area contributed by atoms with Crippen LogP contribution >= 0.6 is 15.9 Å². The van der Waals surface area contributed by atoms with E-state index in [0.717, 1.165) is 0 Å². The minimum atomic E-state index is -1.66. The van der Waals surface area contributed by atoms with Crippen LogP contribution in [0.2, 0.25) is 0 Å². The number of hydrogen-bond donors (Lipinski definition) is 1. The van der Waals surface area contributed by atoms with Crippen LogP contribution in [0.3, 0.4) is 0 Å². The van der Waals surface area contributed by atoms with E-state index >= 15 is 0 Å². The highest BCUT2D eigenvalue weighted by Gasteiger charge is 2.19. The van der Waals surface area contributed by atoms with Crippen LogP contribution in [-0.4, -0.2) is 13.0 Å². The predicted molar refractivity (Wildman–Crippen MR) is 53.5 cm³/mol. The summed E-state index contributed by atoms with van der Waals surface area (Å²) in [5.41, 5.74) is 5.34. The van der Waals surface area contributed by atoms with E-state index in [1.807, 2.05) is 0 Å². The molecule has 3 nitrogen and oxygen atoms in total. The maximum atomic E-state index is 13.3. The molecule has 0 aliphatic rings. The van der Waals surface area contributed by atoms with Gasteiger partial charge in [0.1, 0.15) is 0 Å². The molecule has 5 heteroatoms. The molecule has 1 aromatic rings. The second-order valence-corrected chi connectivity index (χ2v) is 3.47. The molecule has 76 valence electrons. The Labute approximate surface area is 89.2 Å². The van der Waals surface area contributed by atoms with Crippen LogP contribution in [0.5, 0.6) is 0 Å². The number of alkyl halides is 1. The van der Waals surface area contributed by atoms with Crippen LogP contribution in [-0.2, 0) is 4.74 Å². The van der Waals surface area contributed by atoms with Crippen molar-refractivity contribution in [2.45, 2.75) is 6.36 Å². The molecule has 1 amide bonds. The molecule has 0 aromatic heterocycles. The van der Waals surface area contributed by atoms with E-state index in [0.29, 0.717) is 4.47 Å². The monoisotopic (exact) mass is 261 g/mol. The quantitative estimate of drug-likeness (QED) is 0.907. The summed E-state index contributed by atoms with van der Waals surface area (Å²) in [6, 6.07) is 4.68. The number of ether oxygens (including phenoxy) is 1. The molecule has 0 radical (unpaired) electrons. The summed E-state index contributed by atoms with van der Waals surface area (Å²) in [7, 11) is 1.22. The zero-order valence-corrected chi connectivity index (χ0v) is 9.05. The van der Waals surface area contributed by atoms with Crippen LogP contribution in [0.1, 0.15) is 22.3 Å². The molecule has 0 saturated carbocycles. The van der Waals surface area contributed by atoms with E-state index < -0.39 is 12.3 Å². The predicted octanol–water partition coefficient (Wildman–Crippen LogP) is 2.16. The summed E-state index contributed by atoms with van der Waals surface area (Å²) >= 11 is 3.13. The number of amides is 1. The Bertz CT molecular complexity index is 357. The van der Waals surface area contributed by atoms with Crippen molar-refractivity contribution < 1.29 is 13.9 Å². The van der Waals surface area contributed by atoms with Gasteiger partial charge in [0.25, 0.3) is 0 Å². The van der Waals surface area contributed by atoms with Gasteiger partial charge in [0.15, 0.2) is 0 Å². The number of primary amides is 1. The molecular formula is C9H9BrFNO2. The summed E-state index contributed by atoms with van der Waals surface area (Å²) in [5.74, 6) is -0.680. The van der Waals surface area contributed by atoms with Gasteiger partial charge in [-0.25, -0.2) is 4.39 Å². The van der Waals surface area contributed by atoms with Gasteiger partial charge < -0.3 is 10.5 Å². The highest BCUT2D eigenvalue weighted by atomic mass is 79.9. The van der Waals surface area contributed by atoms with E-state index in [1.165, 1.54) is 13.2 Å². The number of benzene rings is 1. The van der Waals surface area contributed by atoms with Crippen molar-refractivity contribution in [2.75, 3.05) is 7.11 Å². The summed E-state index contributed by atoms with van der Waals surface area (Å²) in [6.07, 6.45) is -1.66. The number of nitrogens with two attached hydrogens (primary N) is 1. The number of rotatable bonds is 3. The Morgan fingerprint density at radius 1 is 1.64 bits per heavy atom. The van der Waals surface area contributed by atoms with Gasteiger partial charge in [-0.2, -0.15) is 0 Å². The molecular weight excluding hydrogens is 253 g/mol. The van der Waals surface area contributed by atoms with E-state index in [4.69, 9.17) is 5.73 Å². The SMILES string of the molecule is COC(F)c1c(Br)cccc1C(N)=O. The molecule has 0 saturated heterocycles. The van der Waals surface area contributed by atoms with Crippen LogP contribution < -0.4 is 5.73 Å². The number of hydrogen-bond acceptors (Lipinski definition) is 2. The zero-order valence-electron chi connectivity index (χ0n) is 7.46. The van der Waals surface area contributed by atoms with Crippen molar-refractivity contribution >= 4 is 21.8 Å². The smallest absolute Gasteiger partial charge is 0.249 e. The van der Waals surface area contributed by atoms with E-state index in [9.17, 15) is 9.18 Å². The molecule has 0 spiro atoms. The first-order chi connectivity index (χ1) is 6.57. The third kappa shape index (κ3) is 2.10. The summed E-state index contributed by atoms with van der Waals surface area (Å²) in [6.45, 7) is 0. The summed E-state index contributed by atoms with van der Waals surface area (Å²) < 4.78 is 18.3. The second-order valence-electron chi connectivity index (χ2n) is 2.62. The van der Waals surface area contributed by atoms with Gasteiger partial charge in [0.2, 0.25) is 12.3 Å². The topological polar surface area (TPSA) is 52.3 Å². The standard InChI is InChI=1S/C9H9BrFNO2/c1-14-8(11)7-5(9(12)13)3-2-4-6(7)10/h2-4,8H,1H3,(H2,12,13). The minimum Gasteiger partial charge on any atom is -0.366 e. The first-order valence-corrected chi connectivity index (χ1v) is 4.62. The average Bonchev–Trinajstić information content (AvgIpc) is 2.16. The normalized spacial score (nSPS) is 12.5. The van der Waals surface area contributed by atoms with Gasteiger partial charge in [-0.1, -0.05) is 22.0 Å². The van der Waals surface area contributed by atoms with Gasteiger partial charge in [0, 0.05) is 22.7 Å². The molecule has 1 aromatic carbocycles. The molecule has 14 heavy (non-hydrogen) atoms. The molecule has 0 aliphatic carbocycles. The Hall–Kier alpha value is -0.940. The molecule has 0 bridgehead atoms. The van der Waals surface area contributed by atoms with Crippen LogP contribution in [0.25, 0.3) is 0 Å². The van der Waals surface area contributed by atoms with Crippen molar-refractivity contribution in [3.8, 4) is 0 Å². The Morgan fingerprint density at radius 3 is 2.79 bits per heavy atom. The molecule has 0 heterocycles. The van der Waals surface area contributed by atoms with Crippen LogP contribution in [0.15, 0.2) is 22.7 Å². The maximum Gasteiger partial charge on any atom is 0.249 e. The molecule has 2 N–H and O–H groups in total. The first kappa shape index (κ1) is 11.1. The van der Waals surface area contributed by atoms with Crippen molar-refractivity contribution in [2.24, 2.45) is 5.73 Å². The Balaban J connectivity index is 3.29. The van der Waals surface area contributed by atoms with E-state index in [1.54, 1.807) is 12.1 Å². The molecule has 1 rings (SSSR count). The third-order valence-corrected chi connectivity index (χ3v) is 2.44. The lowest BCUT2D eigenvalue weighted by molar-refractivity contribution is -0.00770. The lowest BCUT2D eigenvalue weighted by atomic mass is 10.1. The van der Waals surface area contributed by atoms with Gasteiger partial charge in [0.05, 0.1) is 0 Å². The Kier molecular flexibility index (Phi) is 3.60. The van der Waals surface area contributed by atoms with Crippen molar-refractivity contribution in [3.63, 3.8) is 0 Å². The van der Waals surface area contributed by atoms with Gasteiger partial charge >= 0.3 is 0 Å². The number of halogens is 2. The van der Waals surface area contributed by atoms with Crippen molar-refractivity contribution in [1.82, 2.24) is 0 Å². The Morgan fingerprint density at radius 2 is 2.29 bits per heavy atom. The average molecular weight is 262 g/mol. The summed E-state index contributed by atoms with van der Waals surface area (Å²) in [5, 5.41) is 0. The fourth-order valence-corrected chi connectivity index (χ4v) is 1.65. The molecule has 1 unspecified atom stereocenters. The fourth-order valence-electron chi connectivity index (χ4n) is 1.10. The maximum absolute atomic E-state index is 13.3. The largest absolute Gasteiger partial charge is 0.366 e. The first-order valence-electron chi connectivity index (χ1n) is 3.83. The summed E-state index contributed by atoms with van der Waals surface area (Å²) in [4.78, 5) is 11.0. The third-order valence-electron chi connectivity index (χ3n) is 1.75. The lowest BCUT2D eigenvalue weighted by Crippen LogP contribution is -2.15. The van der Waals surface area contributed by atoms with Gasteiger partial charge in [-0.05, 0) is 12.1 Å².